The zero-order valence-corrected chi connectivity index (χ0v) is 18.0. The molecule has 1 amide bonds. The molecule has 0 unspecified atom stereocenters. The number of amides is 1. The summed E-state index contributed by atoms with van der Waals surface area (Å²) in [5.74, 6) is 0.463. The first kappa shape index (κ1) is 21.7. The lowest BCUT2D eigenvalue weighted by molar-refractivity contribution is -0.131. The molecule has 6 nitrogen and oxygen atoms in total. The fourth-order valence-corrected chi connectivity index (χ4v) is 3.51. The van der Waals surface area contributed by atoms with E-state index >= 15 is 0 Å². The summed E-state index contributed by atoms with van der Waals surface area (Å²) in [7, 11) is 0. The van der Waals surface area contributed by atoms with Crippen molar-refractivity contribution in [1.29, 1.82) is 0 Å². The summed E-state index contributed by atoms with van der Waals surface area (Å²) < 4.78 is 13.0. The normalized spacial score (nSPS) is 18.3. The number of carbonyl (C=O) groups excluding carboxylic acids is 1. The number of piperazine rings is 1. The molecule has 2 fully saturated rings. The number of nitrogens with two attached hydrogens (primary N) is 1. The first-order valence-electron chi connectivity index (χ1n) is 9.46. The molecule has 0 atom stereocenters. The quantitative estimate of drug-likeness (QED) is 0.401. The number of hydrogen-bond acceptors (Lipinski definition) is 3. The van der Waals surface area contributed by atoms with Gasteiger partial charge in [0.05, 0.1) is 6.54 Å². The molecule has 2 saturated heterocycles. The van der Waals surface area contributed by atoms with Crippen molar-refractivity contribution in [3.63, 3.8) is 0 Å². The van der Waals surface area contributed by atoms with Crippen LogP contribution >= 0.6 is 24.0 Å². The number of nitrogens with zero attached hydrogens (tertiary/aromatic N) is 4. The van der Waals surface area contributed by atoms with Crippen LogP contribution in [0.4, 0.5) is 10.1 Å². The topological polar surface area (TPSA) is 65.2 Å². The Morgan fingerprint density at radius 3 is 2.22 bits per heavy atom. The van der Waals surface area contributed by atoms with Crippen molar-refractivity contribution in [3.8, 4) is 0 Å². The van der Waals surface area contributed by atoms with Crippen LogP contribution in [0.5, 0.6) is 0 Å². The van der Waals surface area contributed by atoms with Crippen LogP contribution in [0.3, 0.4) is 0 Å². The molecule has 0 aromatic heterocycles. The van der Waals surface area contributed by atoms with Crippen LogP contribution in [0.2, 0.25) is 0 Å². The highest BCUT2D eigenvalue weighted by Crippen LogP contribution is 2.17. The Labute approximate surface area is 177 Å². The summed E-state index contributed by atoms with van der Waals surface area (Å²) in [5.41, 5.74) is 7.02. The maximum atomic E-state index is 13.0. The maximum Gasteiger partial charge on any atom is 0.224 e. The molecule has 0 saturated carbocycles. The molecule has 3 rings (SSSR count). The fourth-order valence-electron chi connectivity index (χ4n) is 3.51. The predicted octanol–water partition coefficient (Wildman–Crippen LogP) is 2.28. The van der Waals surface area contributed by atoms with E-state index in [4.69, 9.17) is 5.73 Å². The van der Waals surface area contributed by atoms with Crippen molar-refractivity contribution >= 4 is 41.5 Å². The Bertz CT molecular complexity index is 625. The first-order valence-corrected chi connectivity index (χ1v) is 9.46. The van der Waals surface area contributed by atoms with Gasteiger partial charge in [0.2, 0.25) is 5.91 Å². The third-order valence-corrected chi connectivity index (χ3v) is 5.10. The second-order valence-corrected chi connectivity index (χ2v) is 6.88. The second-order valence-electron chi connectivity index (χ2n) is 6.88. The molecule has 0 aliphatic carbocycles. The summed E-state index contributed by atoms with van der Waals surface area (Å²) in [4.78, 5) is 22.9. The predicted molar refractivity (Wildman–Crippen MR) is 117 cm³/mol. The first-order chi connectivity index (χ1) is 12.6. The molecule has 1 aromatic carbocycles. The number of rotatable bonds is 4. The van der Waals surface area contributed by atoms with Gasteiger partial charge >= 0.3 is 0 Å². The number of halogens is 2. The van der Waals surface area contributed by atoms with Gasteiger partial charge < -0.3 is 20.4 Å². The molecule has 150 valence electrons. The molecule has 1 aromatic rings. The van der Waals surface area contributed by atoms with E-state index in [1.54, 1.807) is 12.1 Å². The van der Waals surface area contributed by atoms with Crippen molar-refractivity contribution in [2.75, 3.05) is 50.7 Å². The highest BCUT2D eigenvalue weighted by Gasteiger charge is 2.21. The van der Waals surface area contributed by atoms with E-state index in [9.17, 15) is 9.18 Å². The Kier molecular flexibility index (Phi) is 8.59. The molecule has 2 aliphatic heterocycles. The minimum Gasteiger partial charge on any atom is -0.370 e. The van der Waals surface area contributed by atoms with E-state index in [1.165, 1.54) is 18.6 Å². The number of carbonyl (C=O) groups is 1. The van der Waals surface area contributed by atoms with Gasteiger partial charge in [-0.15, -0.1) is 24.0 Å². The van der Waals surface area contributed by atoms with Crippen molar-refractivity contribution in [1.82, 2.24) is 9.80 Å². The number of likely N-dealkylation sites (tertiary alicyclic amines) is 1. The smallest absolute Gasteiger partial charge is 0.224 e. The molecular weight excluding hydrogens is 460 g/mol. The maximum absolute atomic E-state index is 13.0. The van der Waals surface area contributed by atoms with Gasteiger partial charge in [0.25, 0.3) is 0 Å². The van der Waals surface area contributed by atoms with Crippen LogP contribution in [0.25, 0.3) is 0 Å². The lowest BCUT2D eigenvalue weighted by Gasteiger charge is -2.36. The average molecular weight is 489 g/mol. The summed E-state index contributed by atoms with van der Waals surface area (Å²) in [5, 5.41) is 0. The standard InChI is InChI=1S/C19H28FN5O.HI/c20-16-4-6-17(7-5-16)23-12-14-24(15-13-23)18(26)8-9-22-19(21)25-10-2-1-3-11-25;/h4-7H,1-3,8-15H2,(H2,21,22);1H. The Balaban J connectivity index is 0.00000261. The molecule has 2 N–H and O–H groups in total. The summed E-state index contributed by atoms with van der Waals surface area (Å²) in [6.07, 6.45) is 3.97. The van der Waals surface area contributed by atoms with E-state index in [0.717, 1.165) is 44.7 Å². The zero-order chi connectivity index (χ0) is 18.4. The largest absolute Gasteiger partial charge is 0.370 e. The van der Waals surface area contributed by atoms with Gasteiger partial charge in [-0.2, -0.15) is 0 Å². The Hall–Kier alpha value is -1.58. The minimum atomic E-state index is -0.230. The molecule has 0 radical (unpaired) electrons. The minimum absolute atomic E-state index is 0. The molecule has 27 heavy (non-hydrogen) atoms. The van der Waals surface area contributed by atoms with Crippen LogP contribution in [-0.2, 0) is 4.79 Å². The summed E-state index contributed by atoms with van der Waals surface area (Å²) >= 11 is 0. The van der Waals surface area contributed by atoms with Gasteiger partial charge in [0, 0.05) is 51.4 Å². The number of aliphatic imine (C=N–C) groups is 1. The summed E-state index contributed by atoms with van der Waals surface area (Å²) in [6.45, 7) is 5.26. The molecule has 2 aliphatic rings. The third kappa shape index (κ3) is 6.22. The number of guanidine groups is 1. The highest BCUT2D eigenvalue weighted by atomic mass is 127. The SMILES string of the molecule is I.NC(=NCCC(=O)N1CCN(c2ccc(F)cc2)CC1)N1CCCCC1. The van der Waals surface area contributed by atoms with Gasteiger partial charge in [-0.05, 0) is 43.5 Å². The van der Waals surface area contributed by atoms with E-state index < -0.39 is 0 Å². The molecule has 0 bridgehead atoms. The zero-order valence-electron chi connectivity index (χ0n) is 15.6. The van der Waals surface area contributed by atoms with Gasteiger partial charge in [-0.3, -0.25) is 9.79 Å². The fraction of sp³-hybridized carbons (Fsp3) is 0.579. The molecule has 0 spiro atoms. The van der Waals surface area contributed by atoms with Crippen LogP contribution in [-0.4, -0.2) is 67.5 Å². The van der Waals surface area contributed by atoms with Gasteiger partial charge in [-0.25, -0.2) is 4.39 Å². The Morgan fingerprint density at radius 2 is 1.59 bits per heavy atom. The molecular formula is C19H29FIN5O. The van der Waals surface area contributed by atoms with Crippen molar-refractivity contribution < 1.29 is 9.18 Å². The van der Waals surface area contributed by atoms with Gasteiger partial charge in [0.1, 0.15) is 5.82 Å². The van der Waals surface area contributed by atoms with Gasteiger partial charge in [0.15, 0.2) is 5.96 Å². The molecule has 2 heterocycles. The molecule has 8 heteroatoms. The third-order valence-electron chi connectivity index (χ3n) is 5.10. The summed E-state index contributed by atoms with van der Waals surface area (Å²) in [6, 6.07) is 6.50. The lowest BCUT2D eigenvalue weighted by atomic mass is 10.1. The van der Waals surface area contributed by atoms with E-state index in [2.05, 4.69) is 14.8 Å². The number of benzene rings is 1. The van der Waals surface area contributed by atoms with Crippen LogP contribution in [0, 0.1) is 5.82 Å². The lowest BCUT2D eigenvalue weighted by Crippen LogP contribution is -2.49. The van der Waals surface area contributed by atoms with Crippen LogP contribution in [0.15, 0.2) is 29.3 Å². The van der Waals surface area contributed by atoms with Gasteiger partial charge in [-0.1, -0.05) is 0 Å². The monoisotopic (exact) mass is 489 g/mol. The number of hydrogen-bond donors (Lipinski definition) is 1. The van der Waals surface area contributed by atoms with Crippen molar-refractivity contribution in [3.05, 3.63) is 30.1 Å². The van der Waals surface area contributed by atoms with Crippen molar-refractivity contribution in [2.24, 2.45) is 10.7 Å². The van der Waals surface area contributed by atoms with Crippen LogP contribution < -0.4 is 10.6 Å². The Morgan fingerprint density at radius 1 is 0.963 bits per heavy atom. The highest BCUT2D eigenvalue weighted by molar-refractivity contribution is 14.0. The number of anilines is 1. The van der Waals surface area contributed by atoms with E-state index in [0.29, 0.717) is 32.0 Å². The van der Waals surface area contributed by atoms with Crippen molar-refractivity contribution in [2.45, 2.75) is 25.7 Å². The van der Waals surface area contributed by atoms with E-state index in [-0.39, 0.29) is 35.7 Å². The average Bonchev–Trinajstić information content (AvgIpc) is 2.69. The second kappa shape index (κ2) is 10.7. The van der Waals surface area contributed by atoms with E-state index in [1.807, 2.05) is 4.90 Å². The van der Waals surface area contributed by atoms with Crippen LogP contribution in [0.1, 0.15) is 25.7 Å². The number of piperidine rings is 1.